The van der Waals surface area contributed by atoms with Crippen LogP contribution in [0.25, 0.3) is 0 Å². The lowest BCUT2D eigenvalue weighted by Crippen LogP contribution is -2.49. The van der Waals surface area contributed by atoms with Gasteiger partial charge in [0.25, 0.3) is 11.8 Å². The van der Waals surface area contributed by atoms with E-state index in [9.17, 15) is 14.4 Å². The maximum Gasteiger partial charge on any atom is 0.308 e. The van der Waals surface area contributed by atoms with Crippen molar-refractivity contribution in [2.75, 3.05) is 19.1 Å². The number of nitrogens with zero attached hydrogens (tertiary/aromatic N) is 2. The summed E-state index contributed by atoms with van der Waals surface area (Å²) in [5.74, 6) is -0.734. The summed E-state index contributed by atoms with van der Waals surface area (Å²) in [6, 6.07) is 20.4. The number of hydrogen-bond acceptors (Lipinski definition) is 5. The zero-order valence-electron chi connectivity index (χ0n) is 19.4. The molecule has 0 aromatic heterocycles. The molecule has 0 radical (unpaired) electrons. The number of ether oxygens (including phenoxy) is 2. The first-order valence-electron chi connectivity index (χ1n) is 11.1. The van der Waals surface area contributed by atoms with Crippen LogP contribution in [0.15, 0.2) is 72.8 Å². The fourth-order valence-corrected chi connectivity index (χ4v) is 4.32. The Balaban J connectivity index is 1.83. The van der Waals surface area contributed by atoms with Gasteiger partial charge in [-0.15, -0.1) is 0 Å². The zero-order valence-corrected chi connectivity index (χ0v) is 20.2. The van der Waals surface area contributed by atoms with Crippen LogP contribution in [-0.4, -0.2) is 42.9 Å². The number of carbonyl (C=O) groups is 3. The molecule has 0 saturated heterocycles. The number of anilines is 1. The second-order valence-corrected chi connectivity index (χ2v) is 8.59. The van der Waals surface area contributed by atoms with Gasteiger partial charge in [0, 0.05) is 11.6 Å². The molecule has 180 valence electrons. The monoisotopic (exact) mass is 492 g/mol. The molecule has 1 aliphatic heterocycles. The van der Waals surface area contributed by atoms with E-state index in [2.05, 4.69) is 0 Å². The standard InChI is InChI=1S/C27H25ClN2O5/c1-34-21-10-6-9-19(13-21)17-30-24(15-25(31)35-2)27(33)29(16-18-7-4-3-5-8-18)23-14-20(28)11-12-22(23)26(30)32/h3-14,24H,15-17H2,1-2H3/t24-/m0/s1. The van der Waals surface area contributed by atoms with Crippen molar-refractivity contribution in [3.8, 4) is 5.75 Å². The Morgan fingerprint density at radius 3 is 2.37 bits per heavy atom. The normalized spacial score (nSPS) is 15.5. The van der Waals surface area contributed by atoms with E-state index in [4.69, 9.17) is 21.1 Å². The fraction of sp³-hybridized carbons (Fsp3) is 0.222. The van der Waals surface area contributed by atoms with E-state index in [0.29, 0.717) is 22.0 Å². The summed E-state index contributed by atoms with van der Waals surface area (Å²) in [4.78, 5) is 43.2. The molecule has 7 nitrogen and oxygen atoms in total. The fourth-order valence-electron chi connectivity index (χ4n) is 4.15. The van der Waals surface area contributed by atoms with Gasteiger partial charge in [0.2, 0.25) is 0 Å². The van der Waals surface area contributed by atoms with Gasteiger partial charge < -0.3 is 19.3 Å². The Bertz CT molecular complexity index is 1250. The molecule has 1 atom stereocenters. The van der Waals surface area contributed by atoms with Gasteiger partial charge in [-0.25, -0.2) is 0 Å². The molecule has 1 aliphatic rings. The molecule has 0 bridgehead atoms. The SMILES string of the molecule is COC(=O)C[C@H]1C(=O)N(Cc2ccccc2)c2cc(Cl)ccc2C(=O)N1Cc1cccc(OC)c1. The number of hydrogen-bond donors (Lipinski definition) is 0. The molecule has 0 fully saturated rings. The first-order valence-corrected chi connectivity index (χ1v) is 11.4. The minimum atomic E-state index is -1.07. The number of esters is 1. The molecule has 1 heterocycles. The molecule has 4 rings (SSSR count). The number of carbonyl (C=O) groups excluding carboxylic acids is 3. The minimum Gasteiger partial charge on any atom is -0.497 e. The minimum absolute atomic E-state index is 0.102. The van der Waals surface area contributed by atoms with Crippen LogP contribution >= 0.6 is 11.6 Å². The summed E-state index contributed by atoms with van der Waals surface area (Å²) < 4.78 is 10.2. The lowest BCUT2D eigenvalue weighted by Gasteiger charge is -2.30. The van der Waals surface area contributed by atoms with Crippen molar-refractivity contribution in [2.24, 2.45) is 0 Å². The predicted octanol–water partition coefficient (Wildman–Crippen LogP) is 4.47. The van der Waals surface area contributed by atoms with Crippen molar-refractivity contribution in [2.45, 2.75) is 25.6 Å². The Hall–Kier alpha value is -3.84. The molecule has 3 aromatic rings. The van der Waals surface area contributed by atoms with Crippen LogP contribution in [-0.2, 0) is 27.4 Å². The topological polar surface area (TPSA) is 76.2 Å². The molecule has 0 unspecified atom stereocenters. The number of fused-ring (bicyclic) bond motifs is 1. The molecule has 0 spiro atoms. The highest BCUT2D eigenvalue weighted by molar-refractivity contribution is 6.31. The summed E-state index contributed by atoms with van der Waals surface area (Å²) >= 11 is 6.29. The smallest absolute Gasteiger partial charge is 0.308 e. The lowest BCUT2D eigenvalue weighted by atomic mass is 10.1. The van der Waals surface area contributed by atoms with Crippen molar-refractivity contribution in [1.29, 1.82) is 0 Å². The van der Waals surface area contributed by atoms with Gasteiger partial charge in [0.15, 0.2) is 0 Å². The van der Waals surface area contributed by atoms with Gasteiger partial charge in [-0.1, -0.05) is 54.1 Å². The van der Waals surface area contributed by atoms with E-state index in [1.54, 1.807) is 37.4 Å². The molecule has 0 aliphatic carbocycles. The Kier molecular flexibility index (Phi) is 7.36. The van der Waals surface area contributed by atoms with E-state index >= 15 is 0 Å². The average molecular weight is 493 g/mol. The van der Waals surface area contributed by atoms with Gasteiger partial charge >= 0.3 is 5.97 Å². The first kappa shape index (κ1) is 24.3. The molecular formula is C27H25ClN2O5. The van der Waals surface area contributed by atoms with E-state index in [1.807, 2.05) is 42.5 Å². The number of amides is 2. The third-order valence-electron chi connectivity index (χ3n) is 5.93. The first-order chi connectivity index (χ1) is 16.9. The maximum atomic E-state index is 14.0. The molecule has 0 N–H and O–H groups in total. The van der Waals surface area contributed by atoms with Crippen LogP contribution in [0.2, 0.25) is 5.02 Å². The second-order valence-electron chi connectivity index (χ2n) is 8.15. The molecule has 8 heteroatoms. The molecule has 0 saturated carbocycles. The molecule has 2 amide bonds. The average Bonchev–Trinajstić information content (AvgIpc) is 2.95. The zero-order chi connectivity index (χ0) is 24.9. The van der Waals surface area contributed by atoms with Crippen molar-refractivity contribution in [3.05, 3.63) is 94.5 Å². The third kappa shape index (κ3) is 5.30. The van der Waals surface area contributed by atoms with Crippen LogP contribution in [0.3, 0.4) is 0 Å². The summed E-state index contributed by atoms with van der Waals surface area (Å²) in [5.41, 5.74) is 2.36. The van der Waals surface area contributed by atoms with Crippen molar-refractivity contribution in [3.63, 3.8) is 0 Å². The van der Waals surface area contributed by atoms with Gasteiger partial charge in [-0.2, -0.15) is 0 Å². The van der Waals surface area contributed by atoms with E-state index in [1.165, 1.54) is 16.9 Å². The van der Waals surface area contributed by atoms with Gasteiger partial charge in [-0.3, -0.25) is 14.4 Å². The largest absolute Gasteiger partial charge is 0.497 e. The number of halogens is 1. The predicted molar refractivity (Wildman–Crippen MR) is 132 cm³/mol. The highest BCUT2D eigenvalue weighted by Gasteiger charge is 2.41. The lowest BCUT2D eigenvalue weighted by molar-refractivity contribution is -0.144. The number of benzene rings is 3. The molecular weight excluding hydrogens is 468 g/mol. The van der Waals surface area contributed by atoms with Gasteiger partial charge in [-0.05, 0) is 41.5 Å². The van der Waals surface area contributed by atoms with E-state index < -0.39 is 17.9 Å². The quantitative estimate of drug-likeness (QED) is 0.455. The highest BCUT2D eigenvalue weighted by Crippen LogP contribution is 2.34. The summed E-state index contributed by atoms with van der Waals surface area (Å²) in [6.07, 6.45) is -0.280. The van der Waals surface area contributed by atoms with E-state index in [-0.39, 0.29) is 25.4 Å². The van der Waals surface area contributed by atoms with Crippen molar-refractivity contribution < 1.29 is 23.9 Å². The second kappa shape index (κ2) is 10.6. The number of methoxy groups -OCH3 is 2. The molecule has 3 aromatic carbocycles. The maximum absolute atomic E-state index is 14.0. The Labute approximate surface area is 208 Å². The summed E-state index contributed by atoms with van der Waals surface area (Å²) in [6.45, 7) is 0.315. The van der Waals surface area contributed by atoms with E-state index in [0.717, 1.165) is 11.1 Å². The Morgan fingerprint density at radius 2 is 1.66 bits per heavy atom. The summed E-state index contributed by atoms with van der Waals surface area (Å²) in [7, 11) is 2.81. The van der Waals surface area contributed by atoms with Gasteiger partial charge in [0.1, 0.15) is 11.8 Å². The van der Waals surface area contributed by atoms with Crippen LogP contribution in [0.1, 0.15) is 27.9 Å². The van der Waals surface area contributed by atoms with Crippen LogP contribution in [0, 0.1) is 0 Å². The highest BCUT2D eigenvalue weighted by atomic mass is 35.5. The van der Waals surface area contributed by atoms with Crippen molar-refractivity contribution in [1.82, 2.24) is 4.90 Å². The molecule has 35 heavy (non-hydrogen) atoms. The van der Waals surface area contributed by atoms with Crippen LogP contribution in [0.4, 0.5) is 5.69 Å². The Morgan fingerprint density at radius 1 is 0.914 bits per heavy atom. The van der Waals surface area contributed by atoms with Gasteiger partial charge in [0.05, 0.1) is 38.4 Å². The van der Waals surface area contributed by atoms with Crippen molar-refractivity contribution >= 4 is 35.1 Å². The van der Waals surface area contributed by atoms with Crippen LogP contribution < -0.4 is 9.64 Å². The number of rotatable bonds is 7. The summed E-state index contributed by atoms with van der Waals surface area (Å²) in [5, 5.41) is 0.396. The third-order valence-corrected chi connectivity index (χ3v) is 6.16. The van der Waals surface area contributed by atoms with Crippen LogP contribution in [0.5, 0.6) is 5.75 Å².